The van der Waals surface area contributed by atoms with Crippen molar-refractivity contribution < 1.29 is 0 Å². The topological polar surface area (TPSA) is 0 Å². The van der Waals surface area contributed by atoms with Gasteiger partial charge in [-0.1, -0.05) is 47.0 Å². The summed E-state index contributed by atoms with van der Waals surface area (Å²) < 4.78 is 0. The zero-order valence-electron chi connectivity index (χ0n) is 9.81. The summed E-state index contributed by atoms with van der Waals surface area (Å²) in [5.74, 6) is 4.47. The molecule has 0 saturated heterocycles. The van der Waals surface area contributed by atoms with Gasteiger partial charge in [0.2, 0.25) is 0 Å². The molecular formula is C12H26S. The fourth-order valence-electron chi connectivity index (χ4n) is 1.45. The van der Waals surface area contributed by atoms with E-state index in [1.54, 1.807) is 0 Å². The van der Waals surface area contributed by atoms with Crippen LogP contribution in [0.4, 0.5) is 0 Å². The third-order valence-electron chi connectivity index (χ3n) is 2.44. The van der Waals surface area contributed by atoms with E-state index in [0.717, 1.165) is 11.8 Å². The monoisotopic (exact) mass is 202 g/mol. The summed E-state index contributed by atoms with van der Waals surface area (Å²) in [5, 5.41) is 0. The first-order valence-electron chi connectivity index (χ1n) is 5.74. The van der Waals surface area contributed by atoms with Crippen LogP contribution in [0, 0.1) is 11.8 Å². The molecule has 0 aromatic rings. The minimum absolute atomic E-state index is 0.886. The van der Waals surface area contributed by atoms with Crippen LogP contribution in [0.15, 0.2) is 0 Å². The molecule has 0 aromatic carbocycles. The van der Waals surface area contributed by atoms with Gasteiger partial charge in [0.1, 0.15) is 0 Å². The van der Waals surface area contributed by atoms with Crippen molar-refractivity contribution in [1.82, 2.24) is 0 Å². The normalized spacial score (nSPS) is 13.6. The van der Waals surface area contributed by atoms with Gasteiger partial charge in [-0.05, 0) is 29.8 Å². The second-order valence-electron chi connectivity index (χ2n) is 4.42. The second kappa shape index (κ2) is 8.93. The Morgan fingerprint density at radius 2 is 1.69 bits per heavy atom. The molecule has 0 fully saturated rings. The summed E-state index contributed by atoms with van der Waals surface area (Å²) in [5.41, 5.74) is 0. The van der Waals surface area contributed by atoms with Gasteiger partial charge in [-0.3, -0.25) is 0 Å². The molecule has 0 amide bonds. The molecule has 1 unspecified atom stereocenters. The van der Waals surface area contributed by atoms with E-state index in [9.17, 15) is 0 Å². The molecule has 80 valence electrons. The average Bonchev–Trinajstić information content (AvgIpc) is 2.04. The van der Waals surface area contributed by atoms with Crippen LogP contribution in [0.2, 0.25) is 0 Å². The number of hydrogen-bond acceptors (Lipinski definition) is 1. The van der Waals surface area contributed by atoms with Gasteiger partial charge in [0.05, 0.1) is 0 Å². The van der Waals surface area contributed by atoms with Gasteiger partial charge >= 0.3 is 0 Å². The zero-order valence-corrected chi connectivity index (χ0v) is 10.6. The largest absolute Gasteiger partial charge is 0.162 e. The molecule has 0 nitrogen and oxygen atoms in total. The highest BCUT2D eigenvalue weighted by molar-refractivity contribution is 7.99. The first-order chi connectivity index (χ1) is 6.16. The molecule has 0 aliphatic heterocycles. The van der Waals surface area contributed by atoms with Crippen LogP contribution in [0.5, 0.6) is 0 Å². The minimum atomic E-state index is 0.886. The van der Waals surface area contributed by atoms with Crippen LogP contribution in [0.1, 0.15) is 53.4 Å². The van der Waals surface area contributed by atoms with E-state index in [1.165, 1.54) is 37.2 Å². The van der Waals surface area contributed by atoms with E-state index in [0.29, 0.717) is 0 Å². The molecule has 13 heavy (non-hydrogen) atoms. The van der Waals surface area contributed by atoms with E-state index in [2.05, 4.69) is 39.5 Å². The van der Waals surface area contributed by atoms with Crippen molar-refractivity contribution in [3.63, 3.8) is 0 Å². The molecule has 1 heteroatoms. The highest BCUT2D eigenvalue weighted by Gasteiger charge is 2.02. The van der Waals surface area contributed by atoms with Gasteiger partial charge in [0.15, 0.2) is 0 Å². The summed E-state index contributed by atoms with van der Waals surface area (Å²) in [6, 6.07) is 0. The molecule has 1 atom stereocenters. The molecule has 0 N–H and O–H groups in total. The van der Waals surface area contributed by atoms with E-state index >= 15 is 0 Å². The maximum absolute atomic E-state index is 2.40. The van der Waals surface area contributed by atoms with Crippen molar-refractivity contribution >= 4 is 11.8 Å². The van der Waals surface area contributed by atoms with Gasteiger partial charge in [0, 0.05) is 0 Å². The Morgan fingerprint density at radius 1 is 1.00 bits per heavy atom. The molecule has 0 aromatic heterocycles. The lowest BCUT2D eigenvalue weighted by atomic mass is 9.98. The smallest absolute Gasteiger partial charge is 0.00651 e. The van der Waals surface area contributed by atoms with Gasteiger partial charge < -0.3 is 0 Å². The fourth-order valence-corrected chi connectivity index (χ4v) is 2.31. The number of thioether (sulfide) groups is 1. The lowest BCUT2D eigenvalue weighted by Gasteiger charge is -2.11. The first-order valence-corrected chi connectivity index (χ1v) is 6.90. The zero-order chi connectivity index (χ0) is 10.1. The Hall–Kier alpha value is 0.350. The van der Waals surface area contributed by atoms with Crippen molar-refractivity contribution in [1.29, 1.82) is 0 Å². The Morgan fingerprint density at radius 3 is 2.23 bits per heavy atom. The quantitative estimate of drug-likeness (QED) is 0.519. The van der Waals surface area contributed by atoms with Gasteiger partial charge in [-0.2, -0.15) is 11.8 Å². The van der Waals surface area contributed by atoms with Crippen molar-refractivity contribution in [3.8, 4) is 0 Å². The number of rotatable bonds is 8. The van der Waals surface area contributed by atoms with E-state index in [1.807, 2.05) is 0 Å². The Bertz CT molecular complexity index is 99.3. The Balaban J connectivity index is 3.15. The molecule has 0 aliphatic rings. The first kappa shape index (κ1) is 13.4. The molecule has 0 heterocycles. The van der Waals surface area contributed by atoms with E-state index < -0.39 is 0 Å². The number of hydrogen-bond donors (Lipinski definition) is 0. The van der Waals surface area contributed by atoms with Crippen molar-refractivity contribution in [3.05, 3.63) is 0 Å². The molecule has 0 rings (SSSR count). The summed E-state index contributed by atoms with van der Waals surface area (Å²) in [6.07, 6.45) is 5.68. The maximum Gasteiger partial charge on any atom is -0.00651 e. The van der Waals surface area contributed by atoms with Crippen LogP contribution >= 0.6 is 11.8 Å². The molecule has 0 spiro atoms. The molecular weight excluding hydrogens is 176 g/mol. The van der Waals surface area contributed by atoms with Crippen molar-refractivity contribution in [2.24, 2.45) is 11.8 Å². The summed E-state index contributed by atoms with van der Waals surface area (Å²) in [7, 11) is 0. The lowest BCUT2D eigenvalue weighted by Crippen LogP contribution is -1.98. The van der Waals surface area contributed by atoms with Gasteiger partial charge in [-0.25, -0.2) is 0 Å². The SMILES string of the molecule is CCSCCC(C)CCCC(C)C. The lowest BCUT2D eigenvalue weighted by molar-refractivity contribution is 0.451. The van der Waals surface area contributed by atoms with Gasteiger partial charge in [0.25, 0.3) is 0 Å². The molecule has 0 saturated carbocycles. The van der Waals surface area contributed by atoms with Crippen LogP contribution in [-0.2, 0) is 0 Å². The van der Waals surface area contributed by atoms with Crippen LogP contribution in [-0.4, -0.2) is 11.5 Å². The highest BCUT2D eigenvalue weighted by atomic mass is 32.2. The summed E-state index contributed by atoms with van der Waals surface area (Å²) in [4.78, 5) is 0. The van der Waals surface area contributed by atoms with Crippen molar-refractivity contribution in [2.45, 2.75) is 53.4 Å². The third kappa shape index (κ3) is 10.3. The summed E-state index contributed by atoms with van der Waals surface area (Å²) >= 11 is 2.08. The van der Waals surface area contributed by atoms with Crippen LogP contribution < -0.4 is 0 Å². The summed E-state index contributed by atoms with van der Waals surface area (Å²) in [6.45, 7) is 9.28. The third-order valence-corrected chi connectivity index (χ3v) is 3.37. The van der Waals surface area contributed by atoms with Crippen LogP contribution in [0.25, 0.3) is 0 Å². The van der Waals surface area contributed by atoms with E-state index in [-0.39, 0.29) is 0 Å². The minimum Gasteiger partial charge on any atom is -0.162 e. The second-order valence-corrected chi connectivity index (χ2v) is 5.81. The van der Waals surface area contributed by atoms with E-state index in [4.69, 9.17) is 0 Å². The average molecular weight is 202 g/mol. The van der Waals surface area contributed by atoms with Gasteiger partial charge in [-0.15, -0.1) is 0 Å². The predicted octanol–water partition coefficient (Wildman–Crippen LogP) is 4.59. The van der Waals surface area contributed by atoms with Crippen molar-refractivity contribution in [2.75, 3.05) is 11.5 Å². The van der Waals surface area contributed by atoms with Crippen LogP contribution in [0.3, 0.4) is 0 Å². The molecule has 0 bridgehead atoms. The fraction of sp³-hybridized carbons (Fsp3) is 1.00. The highest BCUT2D eigenvalue weighted by Crippen LogP contribution is 2.17. The predicted molar refractivity (Wildman–Crippen MR) is 65.5 cm³/mol. The Kier molecular flexibility index (Phi) is 9.17. The molecule has 0 radical (unpaired) electrons. The standard InChI is InChI=1S/C12H26S/c1-5-13-10-9-12(4)8-6-7-11(2)3/h11-12H,5-10H2,1-4H3. The molecule has 0 aliphatic carbocycles. The Labute approximate surface area is 88.9 Å². The maximum atomic E-state index is 2.40.